The minimum Gasteiger partial charge on any atom is -0.497 e. The summed E-state index contributed by atoms with van der Waals surface area (Å²) in [5.74, 6) is 1.52. The molecule has 96 valence electrons. The maximum atomic E-state index is 6.08. The summed E-state index contributed by atoms with van der Waals surface area (Å²) in [5, 5.41) is 0. The predicted octanol–water partition coefficient (Wildman–Crippen LogP) is 2.14. The molecule has 1 aliphatic heterocycles. The molecular weight excluding hydrogens is 226 g/mol. The molecular formula is C14H19N3O. The summed E-state index contributed by atoms with van der Waals surface area (Å²) in [4.78, 5) is 6.68. The Balaban J connectivity index is 1.94. The molecule has 0 amide bonds. The minimum absolute atomic E-state index is 0.138. The van der Waals surface area contributed by atoms with Crippen molar-refractivity contribution < 1.29 is 4.74 Å². The van der Waals surface area contributed by atoms with E-state index in [9.17, 15) is 0 Å². The maximum Gasteiger partial charge on any atom is 0.196 e. The third-order valence-corrected chi connectivity index (χ3v) is 4.10. The first-order valence-corrected chi connectivity index (χ1v) is 6.49. The Labute approximate surface area is 107 Å². The van der Waals surface area contributed by atoms with Gasteiger partial charge in [0.15, 0.2) is 5.96 Å². The summed E-state index contributed by atoms with van der Waals surface area (Å²) in [6.07, 6.45) is 4.91. The molecule has 2 aliphatic rings. The molecule has 0 saturated heterocycles. The Morgan fingerprint density at radius 3 is 2.50 bits per heavy atom. The van der Waals surface area contributed by atoms with Gasteiger partial charge in [0.2, 0.25) is 0 Å². The number of guanidine groups is 1. The van der Waals surface area contributed by atoms with E-state index in [0.717, 1.165) is 18.0 Å². The molecule has 18 heavy (non-hydrogen) atoms. The molecule has 1 aromatic carbocycles. The lowest BCUT2D eigenvalue weighted by atomic mass is 9.96. The highest BCUT2D eigenvalue weighted by Crippen LogP contribution is 2.41. The third-order valence-electron chi connectivity index (χ3n) is 4.10. The van der Waals surface area contributed by atoms with E-state index in [0.29, 0.717) is 5.96 Å². The molecule has 1 saturated carbocycles. The molecule has 1 fully saturated rings. The van der Waals surface area contributed by atoms with E-state index in [4.69, 9.17) is 10.5 Å². The summed E-state index contributed by atoms with van der Waals surface area (Å²) in [5.41, 5.74) is 7.34. The molecule has 1 aromatic rings. The third kappa shape index (κ3) is 1.64. The van der Waals surface area contributed by atoms with Crippen LogP contribution in [0.4, 0.5) is 5.69 Å². The number of hydrogen-bond acceptors (Lipinski definition) is 4. The Morgan fingerprint density at radius 1 is 1.22 bits per heavy atom. The molecule has 4 nitrogen and oxygen atoms in total. The van der Waals surface area contributed by atoms with Crippen LogP contribution in [0.2, 0.25) is 0 Å². The van der Waals surface area contributed by atoms with Gasteiger partial charge >= 0.3 is 0 Å². The highest BCUT2D eigenvalue weighted by atomic mass is 16.5. The van der Waals surface area contributed by atoms with Gasteiger partial charge in [0, 0.05) is 5.69 Å². The number of methoxy groups -OCH3 is 1. The Kier molecular flexibility index (Phi) is 2.65. The largest absolute Gasteiger partial charge is 0.497 e. The first kappa shape index (κ1) is 11.4. The Hall–Kier alpha value is -1.71. The number of hydrogen-bond donors (Lipinski definition) is 1. The van der Waals surface area contributed by atoms with Crippen molar-refractivity contribution in [3.8, 4) is 5.75 Å². The van der Waals surface area contributed by atoms with Crippen molar-refractivity contribution in [1.82, 2.24) is 0 Å². The summed E-state index contributed by atoms with van der Waals surface area (Å²) < 4.78 is 5.20. The normalized spacial score (nSPS) is 21.4. The highest BCUT2D eigenvalue weighted by Gasteiger charge is 2.44. The van der Waals surface area contributed by atoms with Crippen molar-refractivity contribution >= 4 is 11.6 Å². The van der Waals surface area contributed by atoms with Crippen LogP contribution in [0.15, 0.2) is 29.3 Å². The monoisotopic (exact) mass is 245 g/mol. The summed E-state index contributed by atoms with van der Waals surface area (Å²) in [7, 11) is 1.68. The number of anilines is 1. The van der Waals surface area contributed by atoms with E-state index in [-0.39, 0.29) is 5.54 Å². The summed E-state index contributed by atoms with van der Waals surface area (Å²) in [6, 6.07) is 8.08. The van der Waals surface area contributed by atoms with Gasteiger partial charge in [-0.1, -0.05) is 12.8 Å². The van der Waals surface area contributed by atoms with Gasteiger partial charge in [-0.05, 0) is 37.1 Å². The van der Waals surface area contributed by atoms with Crippen LogP contribution in [0.1, 0.15) is 25.7 Å². The van der Waals surface area contributed by atoms with Gasteiger partial charge in [0.05, 0.1) is 19.2 Å². The smallest absolute Gasteiger partial charge is 0.196 e. The maximum absolute atomic E-state index is 6.08. The molecule has 0 radical (unpaired) electrons. The Bertz CT molecular complexity index is 460. The minimum atomic E-state index is 0.138. The molecule has 1 heterocycles. The average Bonchev–Trinajstić information content (AvgIpc) is 2.99. The van der Waals surface area contributed by atoms with E-state index < -0.39 is 0 Å². The molecule has 2 N–H and O–H groups in total. The van der Waals surface area contributed by atoms with E-state index in [1.807, 2.05) is 12.1 Å². The van der Waals surface area contributed by atoms with Crippen molar-refractivity contribution in [2.75, 3.05) is 18.6 Å². The average molecular weight is 245 g/mol. The van der Waals surface area contributed by atoms with Gasteiger partial charge in [0.25, 0.3) is 0 Å². The highest BCUT2D eigenvalue weighted by molar-refractivity contribution is 5.98. The lowest BCUT2D eigenvalue weighted by molar-refractivity contribution is 0.414. The van der Waals surface area contributed by atoms with Crippen LogP contribution in [-0.2, 0) is 0 Å². The number of nitrogens with two attached hydrogens (primary N) is 1. The molecule has 0 unspecified atom stereocenters. The quantitative estimate of drug-likeness (QED) is 0.868. The second kappa shape index (κ2) is 4.19. The Morgan fingerprint density at radius 2 is 1.89 bits per heavy atom. The molecule has 1 spiro atoms. The van der Waals surface area contributed by atoms with E-state index in [2.05, 4.69) is 22.0 Å². The van der Waals surface area contributed by atoms with Gasteiger partial charge in [-0.2, -0.15) is 0 Å². The van der Waals surface area contributed by atoms with Crippen molar-refractivity contribution in [3.05, 3.63) is 24.3 Å². The van der Waals surface area contributed by atoms with Crippen LogP contribution < -0.4 is 15.4 Å². The van der Waals surface area contributed by atoms with Crippen LogP contribution in [0.5, 0.6) is 5.75 Å². The lowest BCUT2D eigenvalue weighted by Crippen LogP contribution is -2.50. The molecule has 4 heteroatoms. The van der Waals surface area contributed by atoms with E-state index >= 15 is 0 Å². The fourth-order valence-corrected chi connectivity index (χ4v) is 3.16. The first-order chi connectivity index (χ1) is 8.75. The number of rotatable bonds is 2. The van der Waals surface area contributed by atoms with Gasteiger partial charge in [-0.3, -0.25) is 4.99 Å². The lowest BCUT2D eigenvalue weighted by Gasteiger charge is -2.36. The van der Waals surface area contributed by atoms with Crippen LogP contribution in [0.25, 0.3) is 0 Å². The molecule has 1 aliphatic carbocycles. The fourth-order valence-electron chi connectivity index (χ4n) is 3.16. The molecule has 0 atom stereocenters. The summed E-state index contributed by atoms with van der Waals surface area (Å²) >= 11 is 0. The zero-order valence-corrected chi connectivity index (χ0v) is 10.7. The second-order valence-corrected chi connectivity index (χ2v) is 5.14. The number of ether oxygens (including phenoxy) is 1. The van der Waals surface area contributed by atoms with Crippen LogP contribution in [0.3, 0.4) is 0 Å². The van der Waals surface area contributed by atoms with Crippen LogP contribution >= 0.6 is 0 Å². The zero-order chi connectivity index (χ0) is 12.6. The number of aliphatic imine (C=N–C) groups is 1. The molecule has 0 aromatic heterocycles. The second-order valence-electron chi connectivity index (χ2n) is 5.14. The summed E-state index contributed by atoms with van der Waals surface area (Å²) in [6.45, 7) is 0.838. The predicted molar refractivity (Wildman–Crippen MR) is 73.2 cm³/mol. The molecule has 0 bridgehead atoms. The van der Waals surface area contributed by atoms with Crippen molar-refractivity contribution in [3.63, 3.8) is 0 Å². The van der Waals surface area contributed by atoms with Crippen molar-refractivity contribution in [2.24, 2.45) is 10.7 Å². The van der Waals surface area contributed by atoms with Crippen LogP contribution in [-0.4, -0.2) is 25.2 Å². The van der Waals surface area contributed by atoms with Crippen molar-refractivity contribution in [2.45, 2.75) is 31.2 Å². The molecule has 3 rings (SSSR count). The van der Waals surface area contributed by atoms with Crippen LogP contribution in [0, 0.1) is 0 Å². The fraction of sp³-hybridized carbons (Fsp3) is 0.500. The topological polar surface area (TPSA) is 50.9 Å². The van der Waals surface area contributed by atoms with E-state index in [1.54, 1.807) is 7.11 Å². The number of benzene rings is 1. The zero-order valence-electron chi connectivity index (χ0n) is 10.7. The van der Waals surface area contributed by atoms with Crippen molar-refractivity contribution in [1.29, 1.82) is 0 Å². The van der Waals surface area contributed by atoms with Gasteiger partial charge < -0.3 is 15.4 Å². The first-order valence-electron chi connectivity index (χ1n) is 6.49. The standard InChI is InChI=1S/C14H19N3O/c1-18-12-6-4-11(5-7-12)17-13(15)16-10-14(17)8-2-3-9-14/h4-7H,2-3,8-10H2,1H3,(H2,15,16). The van der Waals surface area contributed by atoms with Gasteiger partial charge in [-0.15, -0.1) is 0 Å². The number of nitrogens with zero attached hydrogens (tertiary/aromatic N) is 2. The van der Waals surface area contributed by atoms with Gasteiger partial charge in [0.1, 0.15) is 5.75 Å². The SMILES string of the molecule is COc1ccc(N2C(N)=NCC23CCCC3)cc1. The van der Waals surface area contributed by atoms with E-state index in [1.165, 1.54) is 25.7 Å². The van der Waals surface area contributed by atoms with Gasteiger partial charge in [-0.25, -0.2) is 0 Å².